The number of rotatable bonds is 9. The van der Waals surface area contributed by atoms with Crippen LogP contribution in [-0.2, 0) is 17.6 Å². The van der Waals surface area contributed by atoms with Crippen molar-refractivity contribution in [2.24, 2.45) is 0 Å². The molecule has 0 aliphatic carbocycles. The van der Waals surface area contributed by atoms with Crippen molar-refractivity contribution >= 4 is 34.4 Å². The number of pyridine rings is 1. The van der Waals surface area contributed by atoms with Crippen LogP contribution in [0.2, 0.25) is 0 Å². The minimum atomic E-state index is -1.09. The summed E-state index contributed by atoms with van der Waals surface area (Å²) < 4.78 is 5.47. The molecule has 0 bridgehead atoms. The zero-order valence-electron chi connectivity index (χ0n) is 22.9. The van der Waals surface area contributed by atoms with E-state index in [1.54, 1.807) is 63.2 Å². The van der Waals surface area contributed by atoms with Crippen LogP contribution in [0.25, 0.3) is 10.9 Å². The summed E-state index contributed by atoms with van der Waals surface area (Å²) in [6.07, 6.45) is 3.23. The van der Waals surface area contributed by atoms with E-state index >= 15 is 0 Å². The number of aryl methyl sites for hydroxylation is 2. The Kier molecular flexibility index (Phi) is 8.09. The van der Waals surface area contributed by atoms with Gasteiger partial charge in [-0.1, -0.05) is 25.1 Å². The summed E-state index contributed by atoms with van der Waals surface area (Å²) in [5.41, 5.74) is 2.28. The van der Waals surface area contributed by atoms with Crippen LogP contribution >= 0.6 is 0 Å². The molecule has 0 spiro atoms. The van der Waals surface area contributed by atoms with Gasteiger partial charge in [-0.3, -0.25) is 14.6 Å². The third kappa shape index (κ3) is 6.31. The highest BCUT2D eigenvalue weighted by Crippen LogP contribution is 2.25. The number of fused-ring (bicyclic) bond motifs is 1. The van der Waals surface area contributed by atoms with Crippen molar-refractivity contribution in [1.29, 1.82) is 0 Å². The molecular formula is C30H33N5O4. The quantitative estimate of drug-likeness (QED) is 0.327. The molecule has 2 aromatic heterocycles. The van der Waals surface area contributed by atoms with Gasteiger partial charge in [0.1, 0.15) is 5.54 Å². The molecule has 0 radical (unpaired) electrons. The van der Waals surface area contributed by atoms with E-state index in [2.05, 4.69) is 27.5 Å². The fourth-order valence-corrected chi connectivity index (χ4v) is 4.32. The van der Waals surface area contributed by atoms with Crippen molar-refractivity contribution in [3.05, 3.63) is 93.6 Å². The second-order valence-corrected chi connectivity index (χ2v) is 9.99. The molecule has 2 heterocycles. The molecular weight excluding hydrogens is 494 g/mol. The molecule has 0 fully saturated rings. The lowest BCUT2D eigenvalue weighted by molar-refractivity contribution is -0.133. The van der Waals surface area contributed by atoms with Gasteiger partial charge in [0.25, 0.3) is 11.9 Å². The van der Waals surface area contributed by atoms with Crippen molar-refractivity contribution in [2.45, 2.75) is 46.1 Å². The molecule has 4 aromatic rings. The number of hydrogen-bond donors (Lipinski definition) is 2. The molecule has 0 saturated carbocycles. The summed E-state index contributed by atoms with van der Waals surface area (Å²) >= 11 is 0. The lowest BCUT2D eigenvalue weighted by atomic mass is 10.0. The van der Waals surface area contributed by atoms with Gasteiger partial charge in [0.05, 0.1) is 10.9 Å². The summed E-state index contributed by atoms with van der Waals surface area (Å²) in [7, 11) is 1.72. The molecule has 0 aliphatic heterocycles. The maximum atomic E-state index is 13.1. The number of hydrogen-bond acceptors (Lipinski definition) is 7. The van der Waals surface area contributed by atoms with Crippen LogP contribution < -0.4 is 16.3 Å². The Bertz CT molecular complexity index is 1550. The number of carbonyl (C=O) groups is 2. The Morgan fingerprint density at radius 1 is 1.05 bits per heavy atom. The average Bonchev–Trinajstić information content (AvgIpc) is 2.93. The topological polar surface area (TPSA) is 117 Å². The highest BCUT2D eigenvalue weighted by atomic mass is 16.4. The lowest BCUT2D eigenvalue weighted by Crippen LogP contribution is -2.49. The molecule has 2 aromatic carbocycles. The van der Waals surface area contributed by atoms with Gasteiger partial charge in [0, 0.05) is 43.2 Å². The Labute approximate surface area is 227 Å². The summed E-state index contributed by atoms with van der Waals surface area (Å²) in [5, 5.41) is 6.10. The number of benzene rings is 2. The third-order valence-corrected chi connectivity index (χ3v) is 6.66. The molecule has 0 aliphatic rings. The zero-order chi connectivity index (χ0) is 28.2. The first-order valence-electron chi connectivity index (χ1n) is 12.9. The van der Waals surface area contributed by atoms with Gasteiger partial charge in [-0.15, -0.1) is 0 Å². The van der Waals surface area contributed by atoms with E-state index in [0.29, 0.717) is 35.3 Å². The van der Waals surface area contributed by atoms with E-state index in [1.807, 2.05) is 30.3 Å². The highest BCUT2D eigenvalue weighted by molar-refractivity contribution is 6.06. The van der Waals surface area contributed by atoms with Crippen molar-refractivity contribution in [1.82, 2.24) is 14.9 Å². The third-order valence-electron chi connectivity index (χ3n) is 6.66. The van der Waals surface area contributed by atoms with E-state index in [0.717, 1.165) is 17.7 Å². The summed E-state index contributed by atoms with van der Waals surface area (Å²) in [5.74, 6) is -0.465. The minimum Gasteiger partial charge on any atom is -0.389 e. The van der Waals surface area contributed by atoms with Crippen LogP contribution in [0, 0.1) is 6.92 Å². The van der Waals surface area contributed by atoms with E-state index in [1.165, 1.54) is 0 Å². The number of aromatic nitrogens is 2. The van der Waals surface area contributed by atoms with Crippen molar-refractivity contribution in [3.8, 4) is 0 Å². The molecule has 0 unspecified atom stereocenters. The molecule has 4 rings (SSSR count). The predicted molar refractivity (Wildman–Crippen MR) is 152 cm³/mol. The van der Waals surface area contributed by atoms with E-state index in [4.69, 9.17) is 4.42 Å². The van der Waals surface area contributed by atoms with E-state index in [-0.39, 0.29) is 23.2 Å². The molecule has 202 valence electrons. The number of carbonyl (C=O) groups excluding carboxylic acids is 2. The van der Waals surface area contributed by atoms with Crippen LogP contribution in [-0.4, -0.2) is 45.8 Å². The van der Waals surface area contributed by atoms with Gasteiger partial charge in [0.15, 0.2) is 0 Å². The molecule has 0 atom stereocenters. The lowest BCUT2D eigenvalue weighted by Gasteiger charge is -2.30. The van der Waals surface area contributed by atoms with Crippen LogP contribution in [0.1, 0.15) is 48.0 Å². The van der Waals surface area contributed by atoms with Gasteiger partial charge >= 0.3 is 5.63 Å². The van der Waals surface area contributed by atoms with Crippen molar-refractivity contribution in [2.75, 3.05) is 24.2 Å². The van der Waals surface area contributed by atoms with Gasteiger partial charge < -0.3 is 20.0 Å². The molecule has 9 nitrogen and oxygen atoms in total. The number of nitrogens with one attached hydrogen (secondary N) is 2. The van der Waals surface area contributed by atoms with Crippen LogP contribution in [0.4, 0.5) is 11.7 Å². The number of nitrogens with zero attached hydrogens (tertiary/aromatic N) is 3. The van der Waals surface area contributed by atoms with Gasteiger partial charge in [0.2, 0.25) is 5.91 Å². The van der Waals surface area contributed by atoms with Gasteiger partial charge in [-0.25, -0.2) is 4.79 Å². The van der Waals surface area contributed by atoms with Crippen molar-refractivity contribution < 1.29 is 14.0 Å². The monoisotopic (exact) mass is 527 g/mol. The maximum Gasteiger partial charge on any atom is 0.348 e. The molecule has 2 N–H and O–H groups in total. The number of amides is 2. The Hall–Kier alpha value is -4.53. The molecule has 9 heteroatoms. The summed E-state index contributed by atoms with van der Waals surface area (Å²) in [4.78, 5) is 49.2. The maximum absolute atomic E-state index is 13.1. The van der Waals surface area contributed by atoms with Crippen molar-refractivity contribution in [3.63, 3.8) is 0 Å². The van der Waals surface area contributed by atoms with Gasteiger partial charge in [-0.2, -0.15) is 4.98 Å². The van der Waals surface area contributed by atoms with Crippen LogP contribution in [0.5, 0.6) is 0 Å². The highest BCUT2D eigenvalue weighted by Gasteiger charge is 2.32. The summed E-state index contributed by atoms with van der Waals surface area (Å²) in [6, 6.07) is 16.3. The van der Waals surface area contributed by atoms with Crippen LogP contribution in [0.3, 0.4) is 0 Å². The molecule has 2 amide bonds. The first-order valence-corrected chi connectivity index (χ1v) is 12.9. The molecule has 0 saturated heterocycles. The fourth-order valence-electron chi connectivity index (χ4n) is 4.32. The largest absolute Gasteiger partial charge is 0.389 e. The number of likely N-dealkylation sites (N-methyl/N-ethyl adjacent to an activating group) is 1. The normalized spacial score (nSPS) is 11.3. The average molecular weight is 528 g/mol. The predicted octanol–water partition coefficient (Wildman–Crippen LogP) is 4.60. The smallest absolute Gasteiger partial charge is 0.348 e. The second-order valence-electron chi connectivity index (χ2n) is 9.99. The first-order chi connectivity index (χ1) is 18.6. The Morgan fingerprint density at radius 2 is 1.79 bits per heavy atom. The Morgan fingerprint density at radius 3 is 2.46 bits per heavy atom. The minimum absolute atomic E-state index is 0.0591. The van der Waals surface area contributed by atoms with E-state index < -0.39 is 11.2 Å². The second kappa shape index (κ2) is 11.5. The first kappa shape index (κ1) is 27.5. The zero-order valence-corrected chi connectivity index (χ0v) is 22.9. The standard InChI is InChI=1S/C30H33N5O4/c1-6-20-10-12-21(13-11-20)26(36)32-23-14-15-24-25(19(23)2)27(37)39-29(33-24)34-30(3,4)28(38)35(5)18-16-22-9-7-8-17-31-22/h7-15,17H,6,16,18H2,1-5H3,(H,32,36)(H,33,34). The number of anilines is 2. The molecule has 39 heavy (non-hydrogen) atoms. The fraction of sp³-hybridized carbons (Fsp3) is 0.300. The summed E-state index contributed by atoms with van der Waals surface area (Å²) in [6.45, 7) is 7.67. The Balaban J connectivity index is 1.49. The van der Waals surface area contributed by atoms with Gasteiger partial charge in [-0.05, 0) is 74.7 Å². The SMILES string of the molecule is CCc1ccc(C(=O)Nc2ccc3nc(NC(C)(C)C(=O)N(C)CCc4ccccn4)oc(=O)c3c2C)cc1. The van der Waals surface area contributed by atoms with Crippen LogP contribution in [0.15, 0.2) is 70.0 Å². The van der Waals surface area contributed by atoms with E-state index in [9.17, 15) is 14.4 Å².